The standard InChI is InChI=1S/C26H18N4O2/c31-25-19-14-8-7-13-18(19)23-21(25)24(28-26(32)27-23)20-15-30(17-11-5-2-6-12-17)29-22(20)16-9-3-1-4-10-16/h1-15,24H,(H2,27,28,32). The second kappa shape index (κ2) is 7.06. The van der Waals surface area contributed by atoms with Gasteiger partial charge in [0.15, 0.2) is 5.78 Å². The number of ketones is 1. The van der Waals surface area contributed by atoms with Crippen LogP contribution < -0.4 is 10.6 Å². The zero-order valence-electron chi connectivity index (χ0n) is 16.9. The first-order valence-electron chi connectivity index (χ1n) is 10.4. The highest BCUT2D eigenvalue weighted by Crippen LogP contribution is 2.42. The molecule has 6 nitrogen and oxygen atoms in total. The molecule has 0 fully saturated rings. The molecule has 0 radical (unpaired) electrons. The number of urea groups is 1. The molecule has 1 atom stereocenters. The Bertz CT molecular complexity index is 1400. The molecule has 154 valence electrons. The van der Waals surface area contributed by atoms with Crippen LogP contribution in [-0.4, -0.2) is 21.6 Å². The Hall–Kier alpha value is -4.45. The zero-order valence-corrected chi connectivity index (χ0v) is 16.9. The van der Waals surface area contributed by atoms with Crippen molar-refractivity contribution >= 4 is 17.5 Å². The summed E-state index contributed by atoms with van der Waals surface area (Å²) in [5.74, 6) is -0.0837. The molecule has 2 heterocycles. The number of rotatable bonds is 3. The number of carbonyl (C=O) groups is 2. The summed E-state index contributed by atoms with van der Waals surface area (Å²) >= 11 is 0. The molecule has 4 aromatic rings. The van der Waals surface area contributed by atoms with Crippen LogP contribution >= 0.6 is 0 Å². The molecule has 3 aromatic carbocycles. The lowest BCUT2D eigenvalue weighted by Gasteiger charge is -2.26. The Morgan fingerprint density at radius 2 is 1.44 bits per heavy atom. The molecule has 2 N–H and O–H groups in total. The average Bonchev–Trinajstić information content (AvgIpc) is 3.41. The van der Waals surface area contributed by atoms with Crippen LogP contribution in [0.1, 0.15) is 27.5 Å². The normalized spacial score (nSPS) is 16.9. The van der Waals surface area contributed by atoms with Crippen LogP contribution in [0.5, 0.6) is 0 Å². The SMILES string of the molecule is O=C1NC2=C(C(=O)c3ccccc32)C(c2cn(-c3ccccc3)nc2-c2ccccc2)N1. The molecular weight excluding hydrogens is 400 g/mol. The highest BCUT2D eigenvalue weighted by Gasteiger charge is 2.41. The molecule has 1 aliphatic heterocycles. The highest BCUT2D eigenvalue weighted by atomic mass is 16.2. The van der Waals surface area contributed by atoms with Gasteiger partial charge in [0.25, 0.3) is 0 Å². The van der Waals surface area contributed by atoms with Crippen LogP contribution in [0.3, 0.4) is 0 Å². The highest BCUT2D eigenvalue weighted by molar-refractivity contribution is 6.23. The van der Waals surface area contributed by atoms with Crippen molar-refractivity contribution in [3.05, 3.63) is 113 Å². The van der Waals surface area contributed by atoms with Gasteiger partial charge in [-0.3, -0.25) is 4.79 Å². The van der Waals surface area contributed by atoms with Gasteiger partial charge in [0.05, 0.1) is 28.7 Å². The first-order valence-corrected chi connectivity index (χ1v) is 10.4. The summed E-state index contributed by atoms with van der Waals surface area (Å²) in [5, 5.41) is 10.7. The summed E-state index contributed by atoms with van der Waals surface area (Å²) in [5.41, 5.74) is 5.76. The number of carbonyl (C=O) groups excluding carboxylic acids is 2. The van der Waals surface area contributed by atoms with Gasteiger partial charge < -0.3 is 10.6 Å². The molecule has 0 bridgehead atoms. The Labute approximate surface area is 184 Å². The lowest BCUT2D eigenvalue weighted by atomic mass is 9.93. The molecule has 1 unspecified atom stereocenters. The van der Waals surface area contributed by atoms with Gasteiger partial charge in [-0.05, 0) is 12.1 Å². The van der Waals surface area contributed by atoms with Crippen molar-refractivity contribution in [3.63, 3.8) is 0 Å². The first-order chi connectivity index (χ1) is 15.7. The van der Waals surface area contributed by atoms with Gasteiger partial charge in [0.1, 0.15) is 0 Å². The van der Waals surface area contributed by atoms with Crippen LogP contribution in [-0.2, 0) is 0 Å². The van der Waals surface area contributed by atoms with Crippen molar-refractivity contribution in [2.45, 2.75) is 6.04 Å². The fourth-order valence-corrected chi connectivity index (χ4v) is 4.43. The fourth-order valence-electron chi connectivity index (χ4n) is 4.43. The topological polar surface area (TPSA) is 76.0 Å². The summed E-state index contributed by atoms with van der Waals surface area (Å²) in [4.78, 5) is 26.0. The zero-order chi connectivity index (χ0) is 21.7. The number of fused-ring (bicyclic) bond motifs is 2. The number of nitrogens with zero attached hydrogens (tertiary/aromatic N) is 2. The van der Waals surface area contributed by atoms with Crippen molar-refractivity contribution < 1.29 is 9.59 Å². The molecule has 6 heteroatoms. The van der Waals surface area contributed by atoms with E-state index in [1.165, 1.54) is 0 Å². The number of para-hydroxylation sites is 1. The van der Waals surface area contributed by atoms with Crippen LogP contribution in [0.15, 0.2) is 96.7 Å². The molecule has 1 aliphatic carbocycles. The Balaban J connectivity index is 1.56. The molecular formula is C26H18N4O2. The van der Waals surface area contributed by atoms with E-state index in [9.17, 15) is 9.59 Å². The van der Waals surface area contributed by atoms with Gasteiger partial charge in [-0.2, -0.15) is 5.10 Å². The van der Waals surface area contributed by atoms with Crippen LogP contribution in [0.2, 0.25) is 0 Å². The molecule has 1 aromatic heterocycles. The van der Waals surface area contributed by atoms with Gasteiger partial charge >= 0.3 is 6.03 Å². The van der Waals surface area contributed by atoms with E-state index in [1.807, 2.05) is 85.1 Å². The van der Waals surface area contributed by atoms with Crippen molar-refractivity contribution in [2.24, 2.45) is 0 Å². The maximum Gasteiger partial charge on any atom is 0.320 e. The van der Waals surface area contributed by atoms with Crippen LogP contribution in [0, 0.1) is 0 Å². The smallest absolute Gasteiger partial charge is 0.320 e. The number of hydrogen-bond donors (Lipinski definition) is 2. The second-order valence-electron chi connectivity index (χ2n) is 7.77. The third-order valence-electron chi connectivity index (χ3n) is 5.88. The minimum atomic E-state index is -0.619. The third-order valence-corrected chi connectivity index (χ3v) is 5.88. The monoisotopic (exact) mass is 418 g/mol. The van der Waals surface area contributed by atoms with E-state index in [0.29, 0.717) is 16.8 Å². The minimum Gasteiger partial charge on any atom is -0.327 e. The van der Waals surface area contributed by atoms with Crippen molar-refractivity contribution in [3.8, 4) is 16.9 Å². The predicted octanol–water partition coefficient (Wildman–Crippen LogP) is 4.50. The molecule has 0 saturated carbocycles. The fraction of sp³-hybridized carbons (Fsp3) is 0.0385. The van der Waals surface area contributed by atoms with Gasteiger partial charge in [-0.15, -0.1) is 0 Å². The molecule has 2 aliphatic rings. The number of nitrogens with one attached hydrogen (secondary N) is 2. The van der Waals surface area contributed by atoms with Crippen LogP contribution in [0.4, 0.5) is 4.79 Å². The van der Waals surface area contributed by atoms with Gasteiger partial charge in [0.2, 0.25) is 0 Å². The van der Waals surface area contributed by atoms with E-state index in [0.717, 1.165) is 28.1 Å². The van der Waals surface area contributed by atoms with Crippen molar-refractivity contribution in [1.82, 2.24) is 20.4 Å². The van der Waals surface area contributed by atoms with E-state index in [2.05, 4.69) is 10.6 Å². The third kappa shape index (κ3) is 2.77. The quantitative estimate of drug-likeness (QED) is 0.514. The van der Waals surface area contributed by atoms with E-state index in [4.69, 9.17) is 5.10 Å². The summed E-state index contributed by atoms with van der Waals surface area (Å²) in [6, 6.07) is 26.0. The molecule has 0 spiro atoms. The summed E-state index contributed by atoms with van der Waals surface area (Å²) < 4.78 is 1.79. The summed E-state index contributed by atoms with van der Waals surface area (Å²) in [6.45, 7) is 0. The number of Topliss-reactive ketones (excluding diaryl/α,β-unsaturated/α-hetero) is 1. The van der Waals surface area contributed by atoms with E-state index >= 15 is 0 Å². The number of hydrogen-bond acceptors (Lipinski definition) is 3. The largest absolute Gasteiger partial charge is 0.327 e. The Kier molecular flexibility index (Phi) is 4.04. The summed E-state index contributed by atoms with van der Waals surface area (Å²) in [7, 11) is 0. The minimum absolute atomic E-state index is 0.0837. The average molecular weight is 418 g/mol. The maximum atomic E-state index is 13.4. The number of amides is 2. The molecule has 32 heavy (non-hydrogen) atoms. The van der Waals surface area contributed by atoms with Crippen molar-refractivity contribution in [2.75, 3.05) is 0 Å². The Morgan fingerprint density at radius 3 is 2.19 bits per heavy atom. The second-order valence-corrected chi connectivity index (χ2v) is 7.77. The maximum absolute atomic E-state index is 13.4. The lowest BCUT2D eigenvalue weighted by Crippen LogP contribution is -2.43. The van der Waals surface area contributed by atoms with Gasteiger partial charge in [0, 0.05) is 28.5 Å². The molecule has 6 rings (SSSR count). The first kappa shape index (κ1) is 18.3. The van der Waals surface area contributed by atoms with Gasteiger partial charge in [-0.25, -0.2) is 9.48 Å². The van der Waals surface area contributed by atoms with E-state index in [1.54, 1.807) is 10.7 Å². The number of benzene rings is 3. The molecule has 0 saturated heterocycles. The lowest BCUT2D eigenvalue weighted by molar-refractivity contribution is 0.103. The Morgan fingerprint density at radius 1 is 0.781 bits per heavy atom. The van der Waals surface area contributed by atoms with E-state index in [-0.39, 0.29) is 11.8 Å². The number of aromatic nitrogens is 2. The molecule has 2 amide bonds. The predicted molar refractivity (Wildman–Crippen MR) is 121 cm³/mol. The van der Waals surface area contributed by atoms with E-state index < -0.39 is 6.04 Å². The van der Waals surface area contributed by atoms with Gasteiger partial charge in [-0.1, -0.05) is 72.8 Å². The van der Waals surface area contributed by atoms with Crippen LogP contribution in [0.25, 0.3) is 22.6 Å². The summed E-state index contributed by atoms with van der Waals surface area (Å²) in [6.07, 6.45) is 1.90. The van der Waals surface area contributed by atoms with Crippen molar-refractivity contribution in [1.29, 1.82) is 0 Å².